The smallest absolute Gasteiger partial charge is 0.232 e. The summed E-state index contributed by atoms with van der Waals surface area (Å²) in [6.07, 6.45) is 1.18. The van der Waals surface area contributed by atoms with Gasteiger partial charge in [-0.1, -0.05) is 0 Å². The average Bonchev–Trinajstić information content (AvgIpc) is 2.71. The lowest BCUT2D eigenvalue weighted by atomic mass is 10.1. The van der Waals surface area contributed by atoms with E-state index in [1.165, 1.54) is 20.3 Å². The first-order valence-corrected chi connectivity index (χ1v) is 11.4. The van der Waals surface area contributed by atoms with Crippen LogP contribution in [0.1, 0.15) is 31.4 Å². The van der Waals surface area contributed by atoms with Crippen molar-refractivity contribution in [2.24, 2.45) is 0 Å². The Hall–Kier alpha value is -2.88. The van der Waals surface area contributed by atoms with Crippen LogP contribution in [-0.2, 0) is 14.8 Å². The van der Waals surface area contributed by atoms with Crippen molar-refractivity contribution in [2.45, 2.75) is 25.8 Å². The summed E-state index contributed by atoms with van der Waals surface area (Å²) < 4.78 is 62.3. The van der Waals surface area contributed by atoms with Crippen LogP contribution >= 0.6 is 0 Å². The minimum atomic E-state index is -3.75. The van der Waals surface area contributed by atoms with Crippen molar-refractivity contribution in [1.29, 1.82) is 0 Å². The Morgan fingerprint density at radius 1 is 1.10 bits per heavy atom. The van der Waals surface area contributed by atoms with E-state index in [9.17, 15) is 22.0 Å². The van der Waals surface area contributed by atoms with E-state index in [4.69, 9.17) is 9.47 Å². The molecule has 0 aliphatic rings. The Labute approximate surface area is 181 Å². The Morgan fingerprint density at radius 2 is 1.81 bits per heavy atom. The molecule has 170 valence electrons. The highest BCUT2D eigenvalue weighted by Gasteiger charge is 2.20. The molecule has 0 heterocycles. The van der Waals surface area contributed by atoms with Gasteiger partial charge in [0.2, 0.25) is 15.9 Å². The van der Waals surface area contributed by atoms with Crippen LogP contribution in [0.3, 0.4) is 0 Å². The maximum Gasteiger partial charge on any atom is 0.232 e. The van der Waals surface area contributed by atoms with Crippen molar-refractivity contribution in [3.63, 3.8) is 0 Å². The molecule has 0 bridgehead atoms. The summed E-state index contributed by atoms with van der Waals surface area (Å²) in [5.41, 5.74) is 0.728. The molecule has 2 aromatic rings. The van der Waals surface area contributed by atoms with Gasteiger partial charge in [0.1, 0.15) is 11.5 Å². The molecule has 31 heavy (non-hydrogen) atoms. The number of carbonyl (C=O) groups excluding carboxylic acids is 1. The van der Waals surface area contributed by atoms with E-state index in [1.807, 2.05) is 0 Å². The Bertz CT molecular complexity index is 1030. The van der Waals surface area contributed by atoms with Gasteiger partial charge in [0.15, 0.2) is 11.6 Å². The number of sulfonamides is 1. The van der Waals surface area contributed by atoms with Crippen LogP contribution in [-0.4, -0.2) is 41.3 Å². The van der Waals surface area contributed by atoms with Gasteiger partial charge in [0.05, 0.1) is 32.2 Å². The number of hydrogen-bond donors (Lipinski definition) is 1. The predicted octanol–water partition coefficient (Wildman–Crippen LogP) is 3.41. The van der Waals surface area contributed by atoms with E-state index in [1.54, 1.807) is 25.1 Å². The molecule has 2 aromatic carbocycles. The molecule has 2 rings (SSSR count). The molecule has 10 heteroatoms. The van der Waals surface area contributed by atoms with E-state index in [2.05, 4.69) is 5.32 Å². The van der Waals surface area contributed by atoms with Crippen LogP contribution in [0.4, 0.5) is 14.5 Å². The maximum atomic E-state index is 13.5. The summed E-state index contributed by atoms with van der Waals surface area (Å²) in [5, 5.41) is 2.84. The summed E-state index contributed by atoms with van der Waals surface area (Å²) in [7, 11) is -0.683. The van der Waals surface area contributed by atoms with Crippen molar-refractivity contribution in [3.05, 3.63) is 53.6 Å². The lowest BCUT2D eigenvalue weighted by Crippen LogP contribution is -2.32. The summed E-state index contributed by atoms with van der Waals surface area (Å²) >= 11 is 0. The standard InChI is InChI=1S/C21H26F2N2O5S/c1-14(17-13-16(29-2)8-10-20(17)30-3)24-21(26)6-5-11-25(31(4,27)28)15-7-9-18(22)19(23)12-15/h7-10,12-14H,5-6,11H2,1-4H3,(H,24,26)/t14-/m1/s1. The third-order valence-electron chi connectivity index (χ3n) is 4.64. The summed E-state index contributed by atoms with van der Waals surface area (Å²) in [5.74, 6) is -1.30. The summed E-state index contributed by atoms with van der Waals surface area (Å²) in [6.45, 7) is 1.73. The van der Waals surface area contributed by atoms with E-state index >= 15 is 0 Å². The van der Waals surface area contributed by atoms with Gasteiger partial charge in [-0.25, -0.2) is 17.2 Å². The van der Waals surface area contributed by atoms with Crippen LogP contribution in [0.2, 0.25) is 0 Å². The van der Waals surface area contributed by atoms with Crippen LogP contribution in [0, 0.1) is 11.6 Å². The number of halogens is 2. The van der Waals surface area contributed by atoms with E-state index in [-0.39, 0.29) is 37.0 Å². The number of benzene rings is 2. The molecular formula is C21H26F2N2O5S. The molecule has 0 saturated carbocycles. The van der Waals surface area contributed by atoms with Gasteiger partial charge in [0.25, 0.3) is 0 Å². The van der Waals surface area contributed by atoms with Crippen LogP contribution in [0.25, 0.3) is 0 Å². The molecule has 0 aliphatic heterocycles. The molecule has 7 nitrogen and oxygen atoms in total. The third kappa shape index (κ3) is 6.55. The first-order valence-electron chi connectivity index (χ1n) is 9.51. The van der Waals surface area contributed by atoms with Gasteiger partial charge in [-0.15, -0.1) is 0 Å². The van der Waals surface area contributed by atoms with Crippen molar-refractivity contribution >= 4 is 21.6 Å². The van der Waals surface area contributed by atoms with Gasteiger partial charge in [-0.2, -0.15) is 0 Å². The van der Waals surface area contributed by atoms with Gasteiger partial charge < -0.3 is 14.8 Å². The largest absolute Gasteiger partial charge is 0.497 e. The zero-order valence-electron chi connectivity index (χ0n) is 17.8. The number of carbonyl (C=O) groups is 1. The number of anilines is 1. The molecule has 0 aromatic heterocycles. The topological polar surface area (TPSA) is 84.9 Å². The molecule has 0 spiro atoms. The van der Waals surface area contributed by atoms with E-state index in [0.29, 0.717) is 11.5 Å². The Balaban J connectivity index is 2.02. The monoisotopic (exact) mass is 456 g/mol. The summed E-state index contributed by atoms with van der Waals surface area (Å²) in [4.78, 5) is 12.4. The fourth-order valence-electron chi connectivity index (χ4n) is 3.08. The normalized spacial score (nSPS) is 12.2. The first-order chi connectivity index (χ1) is 14.6. The molecule has 1 amide bonds. The fourth-order valence-corrected chi connectivity index (χ4v) is 4.04. The minimum Gasteiger partial charge on any atom is -0.497 e. The predicted molar refractivity (Wildman–Crippen MR) is 114 cm³/mol. The lowest BCUT2D eigenvalue weighted by molar-refractivity contribution is -0.121. The van der Waals surface area contributed by atoms with Gasteiger partial charge in [-0.05, 0) is 43.7 Å². The number of methoxy groups -OCH3 is 2. The quantitative estimate of drug-likeness (QED) is 0.592. The van der Waals surface area contributed by atoms with Crippen LogP contribution in [0.5, 0.6) is 11.5 Å². The molecule has 0 saturated heterocycles. The highest BCUT2D eigenvalue weighted by atomic mass is 32.2. The van der Waals surface area contributed by atoms with Crippen LogP contribution < -0.4 is 19.1 Å². The molecule has 1 N–H and O–H groups in total. The molecule has 0 fully saturated rings. The van der Waals surface area contributed by atoms with Gasteiger partial charge in [0, 0.05) is 24.6 Å². The number of rotatable bonds is 10. The second-order valence-corrected chi connectivity index (χ2v) is 8.84. The average molecular weight is 457 g/mol. The zero-order chi connectivity index (χ0) is 23.2. The summed E-state index contributed by atoms with van der Waals surface area (Å²) in [6, 6.07) is 7.72. The second kappa shape index (κ2) is 10.4. The molecule has 1 atom stereocenters. The van der Waals surface area contributed by atoms with Crippen LogP contribution in [0.15, 0.2) is 36.4 Å². The van der Waals surface area contributed by atoms with Crippen molar-refractivity contribution in [3.8, 4) is 11.5 Å². The van der Waals surface area contributed by atoms with Crippen molar-refractivity contribution in [2.75, 3.05) is 31.3 Å². The zero-order valence-corrected chi connectivity index (χ0v) is 18.6. The maximum absolute atomic E-state index is 13.5. The number of hydrogen-bond acceptors (Lipinski definition) is 5. The number of nitrogens with one attached hydrogen (secondary N) is 1. The SMILES string of the molecule is COc1ccc(OC)c([C@@H](C)NC(=O)CCCN(c2ccc(F)c(F)c2)S(C)(=O)=O)c1. The Morgan fingerprint density at radius 3 is 2.39 bits per heavy atom. The molecule has 0 radical (unpaired) electrons. The highest BCUT2D eigenvalue weighted by Crippen LogP contribution is 2.29. The highest BCUT2D eigenvalue weighted by molar-refractivity contribution is 7.92. The Kier molecular flexibility index (Phi) is 8.21. The van der Waals surface area contributed by atoms with Gasteiger partial charge in [-0.3, -0.25) is 9.10 Å². The van der Waals surface area contributed by atoms with Crippen molar-refractivity contribution < 1.29 is 31.5 Å². The molecule has 0 unspecified atom stereocenters. The fraction of sp³-hybridized carbons (Fsp3) is 0.381. The second-order valence-electron chi connectivity index (χ2n) is 6.93. The minimum absolute atomic E-state index is 0.00343. The molecule has 0 aliphatic carbocycles. The third-order valence-corrected chi connectivity index (χ3v) is 5.83. The first kappa shape index (κ1) is 24.4. The lowest BCUT2D eigenvalue weighted by Gasteiger charge is -2.23. The number of ether oxygens (including phenoxy) is 2. The van der Waals surface area contributed by atoms with E-state index in [0.717, 1.165) is 28.3 Å². The van der Waals surface area contributed by atoms with Gasteiger partial charge >= 0.3 is 0 Å². The molecular weight excluding hydrogens is 430 g/mol. The number of amides is 1. The number of nitrogens with zero attached hydrogens (tertiary/aromatic N) is 1. The van der Waals surface area contributed by atoms with Crippen molar-refractivity contribution in [1.82, 2.24) is 5.32 Å². The van der Waals surface area contributed by atoms with E-state index < -0.39 is 21.7 Å².